The van der Waals surface area contributed by atoms with E-state index in [4.69, 9.17) is 0 Å². The van der Waals surface area contributed by atoms with Crippen LogP contribution in [-0.2, 0) is 26.0 Å². The predicted octanol–water partition coefficient (Wildman–Crippen LogP) is 5.55. The molecule has 0 radical (unpaired) electrons. The maximum absolute atomic E-state index is 14.0. The number of rotatable bonds is 11. The van der Waals surface area contributed by atoms with Crippen molar-refractivity contribution in [2.45, 2.75) is 62.4 Å². The van der Waals surface area contributed by atoms with E-state index in [1.807, 2.05) is 30.3 Å². The van der Waals surface area contributed by atoms with Crippen LogP contribution >= 0.6 is 15.9 Å². The Morgan fingerprint density at radius 3 is 2.12 bits per heavy atom. The van der Waals surface area contributed by atoms with E-state index in [0.29, 0.717) is 12.1 Å². The van der Waals surface area contributed by atoms with Crippen LogP contribution in [0.3, 0.4) is 0 Å². The number of nitrogens with zero attached hydrogens (tertiary/aromatic N) is 2. The molecular weight excluding hydrogens is 590 g/mol. The third kappa shape index (κ3) is 7.73. The summed E-state index contributed by atoms with van der Waals surface area (Å²) in [6.45, 7) is 1.56. The van der Waals surface area contributed by atoms with Crippen molar-refractivity contribution in [3.63, 3.8) is 0 Å². The van der Waals surface area contributed by atoms with Gasteiger partial charge in [-0.15, -0.1) is 0 Å². The van der Waals surface area contributed by atoms with Crippen LogP contribution in [0.15, 0.2) is 94.3 Å². The molecule has 9 heteroatoms. The van der Waals surface area contributed by atoms with Gasteiger partial charge in [0.2, 0.25) is 11.8 Å². The summed E-state index contributed by atoms with van der Waals surface area (Å²) in [4.78, 5) is 28.9. The van der Waals surface area contributed by atoms with E-state index in [2.05, 4.69) is 21.2 Å². The van der Waals surface area contributed by atoms with Gasteiger partial charge in [0.05, 0.1) is 10.6 Å². The first-order chi connectivity index (χ1) is 19.3. The van der Waals surface area contributed by atoms with Crippen LogP contribution in [-0.4, -0.2) is 50.3 Å². The lowest BCUT2D eigenvalue weighted by Gasteiger charge is -2.33. The Labute approximate surface area is 245 Å². The van der Waals surface area contributed by atoms with Gasteiger partial charge in [0.1, 0.15) is 12.6 Å². The summed E-state index contributed by atoms with van der Waals surface area (Å²) in [6, 6.07) is 23.9. The molecule has 0 heterocycles. The first-order valence-corrected chi connectivity index (χ1v) is 16.0. The minimum absolute atomic E-state index is 0.0876. The minimum Gasteiger partial charge on any atom is -0.352 e. The summed E-state index contributed by atoms with van der Waals surface area (Å²) in [5.41, 5.74) is 1.39. The van der Waals surface area contributed by atoms with Crippen LogP contribution < -0.4 is 9.62 Å². The Kier molecular flexibility index (Phi) is 10.4. The van der Waals surface area contributed by atoms with E-state index in [1.165, 1.54) is 23.5 Å². The number of nitrogens with one attached hydrogen (secondary N) is 1. The van der Waals surface area contributed by atoms with Gasteiger partial charge in [-0.1, -0.05) is 83.7 Å². The number of benzene rings is 3. The summed E-state index contributed by atoms with van der Waals surface area (Å²) in [6.07, 6.45) is 5.74. The molecule has 3 aromatic rings. The Morgan fingerprint density at radius 1 is 0.900 bits per heavy atom. The highest BCUT2D eigenvalue weighted by Crippen LogP contribution is 2.26. The molecule has 1 aliphatic rings. The molecule has 1 N–H and O–H groups in total. The Morgan fingerprint density at radius 2 is 1.50 bits per heavy atom. The predicted molar refractivity (Wildman–Crippen MR) is 161 cm³/mol. The fourth-order valence-electron chi connectivity index (χ4n) is 4.99. The molecule has 0 bridgehead atoms. The monoisotopic (exact) mass is 625 g/mol. The Hall–Kier alpha value is -3.17. The summed E-state index contributed by atoms with van der Waals surface area (Å²) < 4.78 is 29.5. The number of hydrogen-bond donors (Lipinski definition) is 1. The molecule has 40 heavy (non-hydrogen) atoms. The highest BCUT2D eigenvalue weighted by Gasteiger charge is 2.33. The third-order valence-corrected chi connectivity index (χ3v) is 9.64. The van der Waals surface area contributed by atoms with Crippen LogP contribution in [0.25, 0.3) is 0 Å². The van der Waals surface area contributed by atoms with Gasteiger partial charge < -0.3 is 10.2 Å². The zero-order valence-electron chi connectivity index (χ0n) is 22.7. The average molecular weight is 627 g/mol. The molecule has 0 spiro atoms. The van der Waals surface area contributed by atoms with Gasteiger partial charge in [-0.2, -0.15) is 0 Å². The lowest BCUT2D eigenvalue weighted by atomic mass is 9.95. The highest BCUT2D eigenvalue weighted by molar-refractivity contribution is 9.10. The summed E-state index contributed by atoms with van der Waals surface area (Å²) in [7, 11) is -4.06. The zero-order chi connectivity index (χ0) is 28.5. The quantitative estimate of drug-likeness (QED) is 0.302. The molecule has 1 saturated carbocycles. The number of amides is 2. The van der Waals surface area contributed by atoms with Crippen molar-refractivity contribution in [3.05, 3.63) is 95.0 Å². The SMILES string of the molecule is CC(C(=O)NC1CCCCC1)N(CCc1ccccc1)C(=O)CN(c1ccc(Br)cc1)S(=O)(=O)c1ccccc1. The van der Waals surface area contributed by atoms with Crippen molar-refractivity contribution in [1.29, 1.82) is 0 Å². The maximum Gasteiger partial charge on any atom is 0.264 e. The molecule has 4 rings (SSSR count). The molecule has 0 saturated heterocycles. The number of carbonyl (C=O) groups excluding carboxylic acids is 2. The molecule has 1 aliphatic carbocycles. The van der Waals surface area contributed by atoms with E-state index < -0.39 is 28.5 Å². The van der Waals surface area contributed by atoms with E-state index >= 15 is 0 Å². The molecule has 3 aromatic carbocycles. The molecule has 212 valence electrons. The van der Waals surface area contributed by atoms with Crippen LogP contribution in [0.1, 0.15) is 44.6 Å². The molecule has 1 unspecified atom stereocenters. The molecule has 2 amide bonds. The first kappa shape index (κ1) is 29.8. The van der Waals surface area contributed by atoms with Gasteiger partial charge in [0.25, 0.3) is 10.0 Å². The van der Waals surface area contributed by atoms with Gasteiger partial charge in [0.15, 0.2) is 0 Å². The van der Waals surface area contributed by atoms with Crippen molar-refractivity contribution < 1.29 is 18.0 Å². The second-order valence-electron chi connectivity index (χ2n) is 10.1. The smallest absolute Gasteiger partial charge is 0.264 e. The normalized spacial score (nSPS) is 14.8. The largest absolute Gasteiger partial charge is 0.352 e. The van der Waals surface area contributed by atoms with Crippen LogP contribution in [0.4, 0.5) is 5.69 Å². The fraction of sp³-hybridized carbons (Fsp3) is 0.355. The third-order valence-electron chi connectivity index (χ3n) is 7.33. The lowest BCUT2D eigenvalue weighted by Crippen LogP contribution is -2.53. The average Bonchev–Trinajstić information content (AvgIpc) is 2.98. The molecule has 1 fully saturated rings. The lowest BCUT2D eigenvalue weighted by molar-refractivity contribution is -0.139. The Balaban J connectivity index is 1.62. The molecular formula is C31H36BrN3O4S. The number of sulfonamides is 1. The van der Waals surface area contributed by atoms with Crippen molar-refractivity contribution in [1.82, 2.24) is 10.2 Å². The number of carbonyl (C=O) groups is 2. The Bertz CT molecular complexity index is 1360. The maximum atomic E-state index is 14.0. The van der Waals surface area contributed by atoms with Crippen molar-refractivity contribution in [2.24, 2.45) is 0 Å². The van der Waals surface area contributed by atoms with E-state index in [0.717, 1.165) is 40.0 Å². The van der Waals surface area contributed by atoms with Gasteiger partial charge in [-0.25, -0.2) is 8.42 Å². The van der Waals surface area contributed by atoms with E-state index in [-0.39, 0.29) is 23.4 Å². The fourth-order valence-corrected chi connectivity index (χ4v) is 6.69. The number of hydrogen-bond acceptors (Lipinski definition) is 4. The zero-order valence-corrected chi connectivity index (χ0v) is 25.1. The van der Waals surface area contributed by atoms with Crippen molar-refractivity contribution in [3.8, 4) is 0 Å². The topological polar surface area (TPSA) is 86.8 Å². The van der Waals surface area contributed by atoms with Gasteiger partial charge in [-0.05, 0) is 68.1 Å². The summed E-state index contributed by atoms with van der Waals surface area (Å²) >= 11 is 3.39. The van der Waals surface area contributed by atoms with Crippen molar-refractivity contribution >= 4 is 43.5 Å². The van der Waals surface area contributed by atoms with Crippen LogP contribution in [0, 0.1) is 0 Å². The van der Waals surface area contributed by atoms with Crippen LogP contribution in [0.5, 0.6) is 0 Å². The second-order valence-corrected chi connectivity index (χ2v) is 12.9. The van der Waals surface area contributed by atoms with Gasteiger partial charge >= 0.3 is 0 Å². The molecule has 0 aliphatic heterocycles. The number of halogens is 1. The summed E-state index contributed by atoms with van der Waals surface area (Å²) in [5.74, 6) is -0.654. The van der Waals surface area contributed by atoms with E-state index in [1.54, 1.807) is 49.4 Å². The highest BCUT2D eigenvalue weighted by atomic mass is 79.9. The van der Waals surface area contributed by atoms with Crippen molar-refractivity contribution in [2.75, 3.05) is 17.4 Å². The van der Waals surface area contributed by atoms with E-state index in [9.17, 15) is 18.0 Å². The molecule has 7 nitrogen and oxygen atoms in total. The standard InChI is InChI=1S/C31H36BrN3O4S/c1-24(31(37)33-27-13-7-3-8-14-27)34(22-21-25-11-5-2-6-12-25)30(36)23-35(28-19-17-26(32)18-20-28)40(38,39)29-15-9-4-10-16-29/h2,4-6,9-12,15-20,24,27H,3,7-8,13-14,21-23H2,1H3,(H,33,37). The minimum atomic E-state index is -4.06. The number of anilines is 1. The summed E-state index contributed by atoms with van der Waals surface area (Å²) in [5, 5.41) is 3.13. The van der Waals surface area contributed by atoms with Gasteiger partial charge in [0, 0.05) is 17.1 Å². The molecule has 0 aromatic heterocycles. The first-order valence-electron chi connectivity index (χ1n) is 13.7. The second kappa shape index (κ2) is 13.9. The van der Waals surface area contributed by atoms with Gasteiger partial charge in [-0.3, -0.25) is 13.9 Å². The molecule has 1 atom stereocenters. The van der Waals surface area contributed by atoms with Crippen LogP contribution in [0.2, 0.25) is 0 Å².